The molecule has 0 unspecified atom stereocenters. The summed E-state index contributed by atoms with van der Waals surface area (Å²) in [6.07, 6.45) is 1.63. The molecule has 334 valence electrons. The number of aromatic nitrogens is 4. The van der Waals surface area contributed by atoms with E-state index in [0.29, 0.717) is 29.7 Å². The number of carbonyl (C=O) groups excluding carboxylic acids is 2. The fourth-order valence-electron chi connectivity index (χ4n) is 9.37. The van der Waals surface area contributed by atoms with Gasteiger partial charge in [0.25, 0.3) is 5.91 Å². The fraction of sp³-hybridized carbons (Fsp3) is 0.170. The number of methoxy groups -OCH3 is 1. The number of nitrogens with one attached hydrogen (secondary N) is 4. The van der Waals surface area contributed by atoms with Crippen LogP contribution in [0, 0.1) is 0 Å². The molecule has 3 atom stereocenters. The van der Waals surface area contributed by atoms with Crippen LogP contribution >= 0.6 is 12.2 Å². The SMILES string of the molecule is COc1ccc(C(NC[C@H]2O[C@@H](n3cnc4c(NC(=O)c5ccccc5)ncnc43)C[C@@H]2NC(=S)NC(=O)OCC2c3ccccc3-c3ccccc32)(c2ccccc2)c2ccccc2)cc1. The van der Waals surface area contributed by atoms with Crippen molar-refractivity contribution >= 4 is 46.3 Å². The number of fused-ring (bicyclic) bond motifs is 4. The molecule has 14 heteroatoms. The van der Waals surface area contributed by atoms with Crippen LogP contribution in [-0.2, 0) is 15.0 Å². The van der Waals surface area contributed by atoms with Crippen LogP contribution in [0.4, 0.5) is 10.6 Å². The molecular formula is C53H46N8O5S. The van der Waals surface area contributed by atoms with Gasteiger partial charge in [0.1, 0.15) is 24.9 Å². The van der Waals surface area contributed by atoms with Crippen LogP contribution in [0.3, 0.4) is 0 Å². The molecule has 67 heavy (non-hydrogen) atoms. The van der Waals surface area contributed by atoms with Crippen molar-refractivity contribution in [2.24, 2.45) is 0 Å². The summed E-state index contributed by atoms with van der Waals surface area (Å²) in [5, 5.41) is 13.1. The smallest absolute Gasteiger partial charge is 0.413 e. The summed E-state index contributed by atoms with van der Waals surface area (Å²) >= 11 is 5.83. The first-order chi connectivity index (χ1) is 32.9. The molecule has 8 aromatic rings. The van der Waals surface area contributed by atoms with Gasteiger partial charge >= 0.3 is 6.09 Å². The summed E-state index contributed by atoms with van der Waals surface area (Å²) < 4.78 is 20.2. The van der Waals surface area contributed by atoms with E-state index in [1.54, 1.807) is 37.7 Å². The molecule has 0 bridgehead atoms. The molecule has 0 spiro atoms. The lowest BCUT2D eigenvalue weighted by Crippen LogP contribution is -2.53. The van der Waals surface area contributed by atoms with Crippen LogP contribution in [-0.4, -0.2) is 69.0 Å². The van der Waals surface area contributed by atoms with Gasteiger partial charge in [0, 0.05) is 24.4 Å². The molecule has 4 N–H and O–H groups in total. The lowest BCUT2D eigenvalue weighted by molar-refractivity contribution is -0.000101. The molecule has 10 rings (SSSR count). The Bertz CT molecular complexity index is 2960. The quantitative estimate of drug-likeness (QED) is 0.0649. The van der Waals surface area contributed by atoms with E-state index in [0.717, 1.165) is 44.7 Å². The Balaban J connectivity index is 0.932. The first kappa shape index (κ1) is 43.1. The third kappa shape index (κ3) is 8.61. The fourth-order valence-corrected chi connectivity index (χ4v) is 9.61. The molecule has 13 nitrogen and oxygen atoms in total. The lowest BCUT2D eigenvalue weighted by atomic mass is 9.76. The van der Waals surface area contributed by atoms with Gasteiger partial charge in [0.2, 0.25) is 0 Å². The van der Waals surface area contributed by atoms with Crippen LogP contribution in [0.15, 0.2) is 176 Å². The number of nitrogens with zero attached hydrogens (tertiary/aromatic N) is 4. The number of anilines is 1. The number of benzene rings is 6. The highest BCUT2D eigenvalue weighted by Gasteiger charge is 2.42. The zero-order valence-electron chi connectivity index (χ0n) is 36.4. The van der Waals surface area contributed by atoms with Crippen LogP contribution < -0.4 is 26.0 Å². The lowest BCUT2D eigenvalue weighted by Gasteiger charge is -2.38. The highest BCUT2D eigenvalue weighted by molar-refractivity contribution is 7.80. The molecular weight excluding hydrogens is 861 g/mol. The van der Waals surface area contributed by atoms with Gasteiger partial charge < -0.3 is 24.8 Å². The average Bonchev–Trinajstić information content (AvgIpc) is 4.09. The molecule has 1 fully saturated rings. The van der Waals surface area contributed by atoms with E-state index in [1.165, 1.54) is 6.33 Å². The van der Waals surface area contributed by atoms with E-state index in [2.05, 4.69) is 96.9 Å². The second kappa shape index (κ2) is 19.0. The van der Waals surface area contributed by atoms with Crippen LogP contribution in [0.25, 0.3) is 22.3 Å². The van der Waals surface area contributed by atoms with Crippen molar-refractivity contribution in [2.45, 2.75) is 36.3 Å². The molecule has 2 aliphatic rings. The predicted molar refractivity (Wildman–Crippen MR) is 260 cm³/mol. The van der Waals surface area contributed by atoms with Gasteiger partial charge in [-0.2, -0.15) is 0 Å². The van der Waals surface area contributed by atoms with E-state index in [9.17, 15) is 9.59 Å². The van der Waals surface area contributed by atoms with Crippen molar-refractivity contribution in [3.8, 4) is 16.9 Å². The molecule has 2 aromatic heterocycles. The van der Waals surface area contributed by atoms with Gasteiger partial charge in [-0.1, -0.05) is 140 Å². The molecule has 6 aromatic carbocycles. The molecule has 2 amide bonds. The molecule has 3 heterocycles. The van der Waals surface area contributed by atoms with E-state index in [4.69, 9.17) is 26.4 Å². The number of alkyl carbamates (subject to hydrolysis) is 1. The van der Waals surface area contributed by atoms with Crippen LogP contribution in [0.1, 0.15) is 56.7 Å². The minimum Gasteiger partial charge on any atom is -0.497 e. The normalized spacial score (nSPS) is 16.5. The van der Waals surface area contributed by atoms with Gasteiger partial charge in [-0.05, 0) is 75.4 Å². The van der Waals surface area contributed by atoms with Crippen molar-refractivity contribution < 1.29 is 23.8 Å². The first-order valence-electron chi connectivity index (χ1n) is 22.0. The Labute approximate surface area is 392 Å². The van der Waals surface area contributed by atoms with Crippen molar-refractivity contribution in [1.82, 2.24) is 35.5 Å². The Morgan fingerprint density at radius 3 is 1.99 bits per heavy atom. The number of rotatable bonds is 13. The zero-order chi connectivity index (χ0) is 45.7. The van der Waals surface area contributed by atoms with Crippen molar-refractivity contribution in [3.05, 3.63) is 210 Å². The third-order valence-electron chi connectivity index (χ3n) is 12.6. The Morgan fingerprint density at radius 2 is 1.34 bits per heavy atom. The summed E-state index contributed by atoms with van der Waals surface area (Å²) in [5.41, 5.74) is 8.03. The highest BCUT2D eigenvalue weighted by atomic mass is 32.1. The minimum atomic E-state index is -0.846. The number of imidazole rings is 1. The molecule has 0 radical (unpaired) electrons. The molecule has 1 saturated heterocycles. The first-order valence-corrected chi connectivity index (χ1v) is 22.4. The van der Waals surface area contributed by atoms with E-state index >= 15 is 0 Å². The van der Waals surface area contributed by atoms with Gasteiger partial charge in [0.05, 0.1) is 31.1 Å². The third-order valence-corrected chi connectivity index (χ3v) is 12.8. The number of thiocarbonyl (C=S) groups is 1. The maximum absolute atomic E-state index is 13.5. The number of carbonyl (C=O) groups is 2. The Kier molecular flexibility index (Phi) is 12.2. The summed E-state index contributed by atoms with van der Waals surface area (Å²) in [5.74, 6) is 0.575. The second-order valence-corrected chi connectivity index (χ2v) is 16.8. The topological polar surface area (TPSA) is 154 Å². The van der Waals surface area contributed by atoms with Crippen molar-refractivity contribution in [1.29, 1.82) is 0 Å². The highest BCUT2D eigenvalue weighted by Crippen LogP contribution is 2.45. The largest absolute Gasteiger partial charge is 0.497 e. The summed E-state index contributed by atoms with van der Waals surface area (Å²) in [7, 11) is 1.65. The number of hydrogen-bond acceptors (Lipinski definition) is 10. The van der Waals surface area contributed by atoms with Crippen LogP contribution in [0.2, 0.25) is 0 Å². The summed E-state index contributed by atoms with van der Waals surface area (Å²) in [6.45, 7) is 0.455. The summed E-state index contributed by atoms with van der Waals surface area (Å²) in [6, 6.07) is 53.5. The molecule has 1 aliphatic carbocycles. The van der Waals surface area contributed by atoms with Gasteiger partial charge in [0.15, 0.2) is 22.1 Å². The van der Waals surface area contributed by atoms with Gasteiger partial charge in [-0.3, -0.25) is 20.0 Å². The molecule has 1 aliphatic heterocycles. The predicted octanol–water partition coefficient (Wildman–Crippen LogP) is 8.74. The monoisotopic (exact) mass is 906 g/mol. The van der Waals surface area contributed by atoms with Gasteiger partial charge in [-0.15, -0.1) is 0 Å². The Hall–Kier alpha value is -7.78. The maximum Gasteiger partial charge on any atom is 0.413 e. The Morgan fingerprint density at radius 1 is 0.746 bits per heavy atom. The number of amides is 2. The van der Waals surface area contributed by atoms with Crippen molar-refractivity contribution in [2.75, 3.05) is 25.6 Å². The second-order valence-electron chi connectivity index (χ2n) is 16.4. The van der Waals surface area contributed by atoms with Gasteiger partial charge in [-0.25, -0.2) is 19.7 Å². The number of ether oxygens (including phenoxy) is 3. The standard InChI is InChI=1S/C53H46N8O5S/c1-64-38-27-25-37(26-28-38)53(35-17-7-3-8-18-35,36-19-9-4-10-20-36)57-30-45-44(58-51(67)60-52(63)65-31-43-41-23-13-11-21-39(41)40-22-12-14-24-42(40)43)29-46(66-45)61-33-56-47-48(54-32-55-49(47)61)59-50(62)34-15-5-2-6-16-34/h2-28,32-33,43-46,57H,29-31H2,1H3,(H,54,55,59,62)(H2,58,60,63,67)/t44-,45+,46+/m0/s1. The van der Waals surface area contributed by atoms with Crippen molar-refractivity contribution in [3.63, 3.8) is 0 Å². The average molecular weight is 907 g/mol. The minimum absolute atomic E-state index is 0.0905. The van der Waals surface area contributed by atoms with Crippen LogP contribution in [0.5, 0.6) is 5.75 Å². The summed E-state index contributed by atoms with van der Waals surface area (Å²) in [4.78, 5) is 40.3. The van der Waals surface area contributed by atoms with E-state index in [1.807, 2.05) is 83.4 Å². The molecule has 0 saturated carbocycles. The van der Waals surface area contributed by atoms with E-state index in [-0.39, 0.29) is 29.4 Å². The number of hydrogen-bond donors (Lipinski definition) is 4. The maximum atomic E-state index is 13.5. The van der Waals surface area contributed by atoms with E-state index < -0.39 is 30.0 Å². The zero-order valence-corrected chi connectivity index (χ0v) is 37.2.